The standard InChI is InChI=1S/C11H18N2O2/c1-4-6-9(11(14)15-5-2)10-7-8-13(3)12-10/h7-9H,4-6H2,1-3H3. The van der Waals surface area contributed by atoms with Gasteiger partial charge in [-0.05, 0) is 19.4 Å². The Morgan fingerprint density at radius 3 is 2.80 bits per heavy atom. The first kappa shape index (κ1) is 11.8. The quantitative estimate of drug-likeness (QED) is 0.697. The topological polar surface area (TPSA) is 44.1 Å². The first-order valence-corrected chi connectivity index (χ1v) is 5.35. The van der Waals surface area contributed by atoms with Crippen molar-refractivity contribution in [3.63, 3.8) is 0 Å². The van der Waals surface area contributed by atoms with Gasteiger partial charge < -0.3 is 4.74 Å². The molecule has 0 saturated carbocycles. The Labute approximate surface area is 90.2 Å². The van der Waals surface area contributed by atoms with Crippen LogP contribution in [0.25, 0.3) is 0 Å². The second kappa shape index (κ2) is 5.53. The number of hydrogen-bond acceptors (Lipinski definition) is 3. The van der Waals surface area contributed by atoms with Crippen molar-refractivity contribution in [2.24, 2.45) is 7.05 Å². The van der Waals surface area contributed by atoms with Crippen LogP contribution >= 0.6 is 0 Å². The second-order valence-electron chi connectivity index (χ2n) is 3.51. The van der Waals surface area contributed by atoms with Gasteiger partial charge in [-0.1, -0.05) is 13.3 Å². The van der Waals surface area contributed by atoms with Crippen LogP contribution in [0.1, 0.15) is 38.3 Å². The minimum Gasteiger partial charge on any atom is -0.465 e. The number of esters is 1. The molecule has 0 spiro atoms. The first-order valence-electron chi connectivity index (χ1n) is 5.35. The van der Waals surface area contributed by atoms with E-state index in [4.69, 9.17) is 4.74 Å². The Morgan fingerprint density at radius 2 is 2.33 bits per heavy atom. The molecule has 0 amide bonds. The lowest BCUT2D eigenvalue weighted by Gasteiger charge is -2.11. The van der Waals surface area contributed by atoms with Gasteiger partial charge in [-0.25, -0.2) is 0 Å². The van der Waals surface area contributed by atoms with Crippen LogP contribution in [0.2, 0.25) is 0 Å². The molecular formula is C11H18N2O2. The fourth-order valence-electron chi connectivity index (χ4n) is 1.54. The number of carbonyl (C=O) groups is 1. The minimum absolute atomic E-state index is 0.168. The van der Waals surface area contributed by atoms with Crippen molar-refractivity contribution >= 4 is 5.97 Å². The summed E-state index contributed by atoms with van der Waals surface area (Å²) in [5.74, 6) is -0.380. The molecule has 84 valence electrons. The van der Waals surface area contributed by atoms with Crippen LogP contribution in [-0.2, 0) is 16.6 Å². The van der Waals surface area contributed by atoms with Crippen molar-refractivity contribution in [2.75, 3.05) is 6.61 Å². The summed E-state index contributed by atoms with van der Waals surface area (Å²) in [5.41, 5.74) is 0.804. The number of carbonyl (C=O) groups excluding carboxylic acids is 1. The summed E-state index contributed by atoms with van der Waals surface area (Å²) in [5, 5.41) is 4.25. The van der Waals surface area contributed by atoms with E-state index >= 15 is 0 Å². The van der Waals surface area contributed by atoms with Crippen LogP contribution in [0.4, 0.5) is 0 Å². The SMILES string of the molecule is CCCC(C(=O)OCC)c1ccn(C)n1. The van der Waals surface area contributed by atoms with Gasteiger partial charge in [-0.3, -0.25) is 9.48 Å². The smallest absolute Gasteiger partial charge is 0.315 e. The summed E-state index contributed by atoms with van der Waals surface area (Å²) in [7, 11) is 1.84. The maximum Gasteiger partial charge on any atom is 0.315 e. The van der Waals surface area contributed by atoms with Crippen molar-refractivity contribution in [3.8, 4) is 0 Å². The van der Waals surface area contributed by atoms with Gasteiger partial charge in [-0.2, -0.15) is 5.10 Å². The van der Waals surface area contributed by atoms with E-state index in [-0.39, 0.29) is 11.9 Å². The minimum atomic E-state index is -0.212. The number of ether oxygens (including phenoxy) is 1. The van der Waals surface area contributed by atoms with E-state index in [0.717, 1.165) is 18.5 Å². The molecule has 1 aromatic rings. The lowest BCUT2D eigenvalue weighted by molar-refractivity contribution is -0.145. The molecule has 0 aromatic carbocycles. The third-order valence-electron chi connectivity index (χ3n) is 2.24. The van der Waals surface area contributed by atoms with E-state index in [0.29, 0.717) is 6.61 Å². The number of nitrogens with zero attached hydrogens (tertiary/aromatic N) is 2. The Morgan fingerprint density at radius 1 is 1.60 bits per heavy atom. The molecule has 1 unspecified atom stereocenters. The Kier molecular flexibility index (Phi) is 4.34. The second-order valence-corrected chi connectivity index (χ2v) is 3.51. The van der Waals surface area contributed by atoms with Crippen molar-refractivity contribution in [1.82, 2.24) is 9.78 Å². The van der Waals surface area contributed by atoms with Gasteiger partial charge in [0.05, 0.1) is 12.3 Å². The summed E-state index contributed by atoms with van der Waals surface area (Å²) in [6, 6.07) is 1.87. The molecule has 15 heavy (non-hydrogen) atoms. The molecule has 1 rings (SSSR count). The molecule has 0 radical (unpaired) electrons. The van der Waals surface area contributed by atoms with E-state index in [1.165, 1.54) is 0 Å². The third-order valence-corrected chi connectivity index (χ3v) is 2.24. The lowest BCUT2D eigenvalue weighted by Crippen LogP contribution is -2.16. The maximum atomic E-state index is 11.7. The summed E-state index contributed by atoms with van der Waals surface area (Å²) in [6.07, 6.45) is 3.58. The van der Waals surface area contributed by atoms with Crippen molar-refractivity contribution in [2.45, 2.75) is 32.6 Å². The molecule has 1 aromatic heterocycles. The average molecular weight is 210 g/mol. The molecule has 0 bridgehead atoms. The zero-order valence-electron chi connectivity index (χ0n) is 9.56. The summed E-state index contributed by atoms with van der Waals surface area (Å²) >= 11 is 0. The van der Waals surface area contributed by atoms with Gasteiger partial charge in [-0.15, -0.1) is 0 Å². The van der Waals surface area contributed by atoms with Gasteiger partial charge in [0.15, 0.2) is 0 Å². The zero-order valence-corrected chi connectivity index (χ0v) is 9.56. The summed E-state index contributed by atoms with van der Waals surface area (Å²) in [4.78, 5) is 11.7. The normalized spacial score (nSPS) is 12.5. The molecule has 0 aliphatic carbocycles. The Balaban J connectivity index is 2.77. The van der Waals surface area contributed by atoms with Crippen LogP contribution in [0, 0.1) is 0 Å². The highest BCUT2D eigenvalue weighted by atomic mass is 16.5. The van der Waals surface area contributed by atoms with Gasteiger partial charge in [0.25, 0.3) is 0 Å². The molecule has 4 heteroatoms. The van der Waals surface area contributed by atoms with E-state index in [1.54, 1.807) is 4.68 Å². The largest absolute Gasteiger partial charge is 0.465 e. The van der Waals surface area contributed by atoms with Crippen molar-refractivity contribution < 1.29 is 9.53 Å². The molecule has 1 atom stereocenters. The maximum absolute atomic E-state index is 11.7. The molecule has 0 N–H and O–H groups in total. The molecule has 0 fully saturated rings. The van der Waals surface area contributed by atoms with Crippen LogP contribution in [0.15, 0.2) is 12.3 Å². The highest BCUT2D eigenvalue weighted by Crippen LogP contribution is 2.20. The molecular weight excluding hydrogens is 192 g/mol. The molecule has 0 aliphatic heterocycles. The monoisotopic (exact) mass is 210 g/mol. The Bertz CT molecular complexity index is 320. The van der Waals surface area contributed by atoms with Crippen molar-refractivity contribution in [1.29, 1.82) is 0 Å². The number of rotatable bonds is 5. The zero-order chi connectivity index (χ0) is 11.3. The van der Waals surface area contributed by atoms with E-state index in [9.17, 15) is 4.79 Å². The van der Waals surface area contributed by atoms with Gasteiger partial charge >= 0.3 is 5.97 Å². The summed E-state index contributed by atoms with van der Waals surface area (Å²) < 4.78 is 6.74. The number of aryl methyl sites for hydroxylation is 1. The average Bonchev–Trinajstić information content (AvgIpc) is 2.61. The number of hydrogen-bond donors (Lipinski definition) is 0. The summed E-state index contributed by atoms with van der Waals surface area (Å²) in [6.45, 7) is 4.29. The predicted octanol–water partition coefficient (Wildman–Crippen LogP) is 1.87. The van der Waals surface area contributed by atoms with E-state index in [2.05, 4.69) is 12.0 Å². The van der Waals surface area contributed by atoms with Crippen LogP contribution < -0.4 is 0 Å². The third kappa shape index (κ3) is 3.08. The van der Waals surface area contributed by atoms with Gasteiger partial charge in [0.1, 0.15) is 5.92 Å². The molecule has 0 aliphatic rings. The fourth-order valence-corrected chi connectivity index (χ4v) is 1.54. The van der Waals surface area contributed by atoms with Crippen LogP contribution in [0.5, 0.6) is 0 Å². The van der Waals surface area contributed by atoms with Gasteiger partial charge in [0, 0.05) is 13.2 Å². The highest BCUT2D eigenvalue weighted by Gasteiger charge is 2.22. The van der Waals surface area contributed by atoms with Crippen LogP contribution in [-0.4, -0.2) is 22.4 Å². The highest BCUT2D eigenvalue weighted by molar-refractivity contribution is 5.77. The number of aromatic nitrogens is 2. The van der Waals surface area contributed by atoms with E-state index < -0.39 is 0 Å². The molecule has 1 heterocycles. The van der Waals surface area contributed by atoms with Gasteiger partial charge in [0.2, 0.25) is 0 Å². The Hall–Kier alpha value is -1.32. The van der Waals surface area contributed by atoms with E-state index in [1.807, 2.05) is 26.2 Å². The molecule has 4 nitrogen and oxygen atoms in total. The fraction of sp³-hybridized carbons (Fsp3) is 0.636. The van der Waals surface area contributed by atoms with Crippen LogP contribution in [0.3, 0.4) is 0 Å². The first-order chi connectivity index (χ1) is 7.19. The molecule has 0 saturated heterocycles. The van der Waals surface area contributed by atoms with Crippen molar-refractivity contribution in [3.05, 3.63) is 18.0 Å². The lowest BCUT2D eigenvalue weighted by atomic mass is 10.0. The predicted molar refractivity (Wildman–Crippen MR) is 57.5 cm³/mol.